The van der Waals surface area contributed by atoms with Crippen LogP contribution in [0, 0.1) is 0 Å². The van der Waals surface area contributed by atoms with Crippen molar-refractivity contribution < 1.29 is 4.79 Å². The summed E-state index contributed by atoms with van der Waals surface area (Å²) in [6.07, 6.45) is 1.64. The van der Waals surface area contributed by atoms with Gasteiger partial charge in [0.2, 0.25) is 5.91 Å². The number of rotatable bonds is 4. The lowest BCUT2D eigenvalue weighted by Crippen LogP contribution is -2.35. The fourth-order valence-electron chi connectivity index (χ4n) is 1.66. The van der Waals surface area contributed by atoms with Crippen LogP contribution >= 0.6 is 0 Å². The molecule has 0 fully saturated rings. The lowest BCUT2D eigenvalue weighted by molar-refractivity contribution is -0.117. The van der Waals surface area contributed by atoms with E-state index in [2.05, 4.69) is 20.8 Å². The van der Waals surface area contributed by atoms with Crippen LogP contribution < -0.4 is 10.6 Å². The Labute approximate surface area is 111 Å². The van der Waals surface area contributed by atoms with E-state index in [-0.39, 0.29) is 11.9 Å². The molecule has 0 spiro atoms. The number of likely N-dealkylation sites (N-methyl/N-ethyl adjacent to an activating group) is 1. The molecule has 100 valence electrons. The number of amides is 1. The summed E-state index contributed by atoms with van der Waals surface area (Å²) < 4.78 is 1.83. The summed E-state index contributed by atoms with van der Waals surface area (Å²) in [7, 11) is 3.63. The Kier molecular flexibility index (Phi) is 3.91. The fraction of sp³-hybridized carbons (Fsp3) is 0.308. The van der Waals surface area contributed by atoms with Crippen molar-refractivity contribution in [1.29, 1.82) is 0 Å². The molecule has 1 amide bonds. The van der Waals surface area contributed by atoms with Gasteiger partial charge in [0, 0.05) is 18.3 Å². The number of carbonyl (C=O) groups is 1. The second-order valence-corrected chi connectivity index (χ2v) is 4.35. The maximum Gasteiger partial charge on any atom is 0.241 e. The number of hydrogen-bond donors (Lipinski definition) is 2. The molecule has 0 saturated heterocycles. The molecule has 1 unspecified atom stereocenters. The minimum absolute atomic E-state index is 0.0717. The van der Waals surface area contributed by atoms with Crippen LogP contribution in [-0.4, -0.2) is 33.8 Å². The molecule has 0 aliphatic heterocycles. The van der Waals surface area contributed by atoms with Crippen molar-refractivity contribution in [3.8, 4) is 11.4 Å². The van der Waals surface area contributed by atoms with E-state index in [4.69, 9.17) is 0 Å². The number of anilines is 1. The summed E-state index contributed by atoms with van der Waals surface area (Å²) in [6, 6.07) is 7.30. The molecular formula is C13H17N5O. The molecule has 0 bridgehead atoms. The van der Waals surface area contributed by atoms with Gasteiger partial charge in [-0.3, -0.25) is 4.79 Å². The normalized spacial score (nSPS) is 12.2. The zero-order chi connectivity index (χ0) is 13.8. The molecule has 2 N–H and O–H groups in total. The topological polar surface area (TPSA) is 71.8 Å². The molecule has 0 aliphatic carbocycles. The van der Waals surface area contributed by atoms with E-state index in [1.165, 1.54) is 0 Å². The lowest BCUT2D eigenvalue weighted by atomic mass is 10.2. The third kappa shape index (κ3) is 2.97. The van der Waals surface area contributed by atoms with Gasteiger partial charge in [-0.05, 0) is 26.1 Å². The third-order valence-corrected chi connectivity index (χ3v) is 2.93. The van der Waals surface area contributed by atoms with E-state index >= 15 is 0 Å². The van der Waals surface area contributed by atoms with E-state index in [9.17, 15) is 4.79 Å². The Bertz CT molecular complexity index is 578. The number of carbonyl (C=O) groups excluding carboxylic acids is 1. The third-order valence-electron chi connectivity index (χ3n) is 2.93. The van der Waals surface area contributed by atoms with Crippen molar-refractivity contribution in [2.45, 2.75) is 13.0 Å². The van der Waals surface area contributed by atoms with Crippen LogP contribution in [0.5, 0.6) is 0 Å². The molecule has 19 heavy (non-hydrogen) atoms. The summed E-state index contributed by atoms with van der Waals surface area (Å²) in [5, 5.41) is 13.6. The molecule has 1 aromatic heterocycles. The van der Waals surface area contributed by atoms with Gasteiger partial charge in [0.25, 0.3) is 0 Å². The van der Waals surface area contributed by atoms with Gasteiger partial charge in [-0.25, -0.2) is 0 Å². The van der Waals surface area contributed by atoms with Crippen LogP contribution in [0.4, 0.5) is 5.69 Å². The second-order valence-electron chi connectivity index (χ2n) is 4.35. The zero-order valence-electron chi connectivity index (χ0n) is 11.2. The first-order valence-corrected chi connectivity index (χ1v) is 6.04. The Morgan fingerprint density at radius 1 is 1.42 bits per heavy atom. The average Bonchev–Trinajstić information content (AvgIpc) is 2.84. The van der Waals surface area contributed by atoms with Gasteiger partial charge in [0.15, 0.2) is 5.82 Å². The Balaban J connectivity index is 2.21. The SMILES string of the molecule is CNC(C)C(=O)Nc1cccc(-c2nncn2C)c1. The first-order valence-electron chi connectivity index (χ1n) is 6.04. The van der Waals surface area contributed by atoms with Crippen LogP contribution in [0.15, 0.2) is 30.6 Å². The van der Waals surface area contributed by atoms with Gasteiger partial charge < -0.3 is 15.2 Å². The summed E-state index contributed by atoms with van der Waals surface area (Å²) in [5.41, 5.74) is 1.66. The van der Waals surface area contributed by atoms with E-state index in [0.717, 1.165) is 17.1 Å². The van der Waals surface area contributed by atoms with Crippen molar-refractivity contribution in [1.82, 2.24) is 20.1 Å². The predicted octanol–water partition coefficient (Wildman–Crippen LogP) is 1.03. The van der Waals surface area contributed by atoms with Crippen LogP contribution in [0.2, 0.25) is 0 Å². The number of benzene rings is 1. The molecule has 1 heterocycles. The van der Waals surface area contributed by atoms with Gasteiger partial charge in [0.1, 0.15) is 6.33 Å². The van der Waals surface area contributed by atoms with Crippen LogP contribution in [0.1, 0.15) is 6.92 Å². The van der Waals surface area contributed by atoms with E-state index in [1.54, 1.807) is 13.4 Å². The lowest BCUT2D eigenvalue weighted by Gasteiger charge is -2.11. The van der Waals surface area contributed by atoms with Crippen LogP contribution in [0.25, 0.3) is 11.4 Å². The van der Waals surface area contributed by atoms with Crippen molar-refractivity contribution in [3.05, 3.63) is 30.6 Å². The van der Waals surface area contributed by atoms with Gasteiger partial charge in [-0.2, -0.15) is 0 Å². The Hall–Kier alpha value is -2.21. The van der Waals surface area contributed by atoms with Crippen LogP contribution in [0.3, 0.4) is 0 Å². The summed E-state index contributed by atoms with van der Waals surface area (Å²) in [5.74, 6) is 0.690. The molecule has 0 radical (unpaired) electrons. The van der Waals surface area contributed by atoms with Crippen molar-refractivity contribution in [3.63, 3.8) is 0 Å². The monoisotopic (exact) mass is 259 g/mol. The van der Waals surface area contributed by atoms with Crippen molar-refractivity contribution >= 4 is 11.6 Å². The van der Waals surface area contributed by atoms with E-state index in [1.807, 2.05) is 42.8 Å². The first-order chi connectivity index (χ1) is 9.11. The van der Waals surface area contributed by atoms with Gasteiger partial charge in [-0.1, -0.05) is 12.1 Å². The predicted molar refractivity (Wildman–Crippen MR) is 73.6 cm³/mol. The highest BCUT2D eigenvalue weighted by atomic mass is 16.2. The van der Waals surface area contributed by atoms with Gasteiger partial charge in [-0.15, -0.1) is 10.2 Å². The Morgan fingerprint density at radius 2 is 2.21 bits per heavy atom. The summed E-state index contributed by atoms with van der Waals surface area (Å²) in [4.78, 5) is 11.8. The quantitative estimate of drug-likeness (QED) is 0.860. The number of nitrogens with one attached hydrogen (secondary N) is 2. The zero-order valence-corrected chi connectivity index (χ0v) is 11.2. The number of aromatic nitrogens is 3. The minimum atomic E-state index is -0.238. The van der Waals surface area contributed by atoms with Gasteiger partial charge >= 0.3 is 0 Å². The summed E-state index contributed by atoms with van der Waals surface area (Å²) >= 11 is 0. The molecule has 6 nitrogen and oxygen atoms in total. The minimum Gasteiger partial charge on any atom is -0.325 e. The van der Waals surface area contributed by atoms with Crippen LogP contribution in [-0.2, 0) is 11.8 Å². The van der Waals surface area contributed by atoms with Crippen molar-refractivity contribution in [2.75, 3.05) is 12.4 Å². The highest BCUT2D eigenvalue weighted by Gasteiger charge is 2.11. The maximum absolute atomic E-state index is 11.8. The molecule has 1 atom stereocenters. The number of hydrogen-bond acceptors (Lipinski definition) is 4. The number of aryl methyl sites for hydroxylation is 1. The average molecular weight is 259 g/mol. The smallest absolute Gasteiger partial charge is 0.241 e. The van der Waals surface area contributed by atoms with E-state index < -0.39 is 0 Å². The highest BCUT2D eigenvalue weighted by Crippen LogP contribution is 2.20. The molecule has 1 aromatic carbocycles. The molecule has 0 aliphatic rings. The molecular weight excluding hydrogens is 242 g/mol. The fourth-order valence-corrected chi connectivity index (χ4v) is 1.66. The van der Waals surface area contributed by atoms with Gasteiger partial charge in [0.05, 0.1) is 6.04 Å². The standard InChI is InChI=1S/C13H17N5O/c1-9(14-2)13(19)16-11-6-4-5-10(7-11)12-17-15-8-18(12)3/h4-9,14H,1-3H3,(H,16,19). The van der Waals surface area contributed by atoms with E-state index in [0.29, 0.717) is 0 Å². The number of nitrogens with zero attached hydrogens (tertiary/aromatic N) is 3. The molecule has 0 saturated carbocycles. The highest BCUT2D eigenvalue weighted by molar-refractivity contribution is 5.95. The first kappa shape index (κ1) is 13.2. The Morgan fingerprint density at radius 3 is 2.84 bits per heavy atom. The largest absolute Gasteiger partial charge is 0.325 e. The molecule has 6 heteroatoms. The van der Waals surface area contributed by atoms with Crippen molar-refractivity contribution in [2.24, 2.45) is 7.05 Å². The summed E-state index contributed by atoms with van der Waals surface area (Å²) in [6.45, 7) is 1.81. The molecule has 2 rings (SSSR count). The maximum atomic E-state index is 11.8. The second kappa shape index (κ2) is 5.62. The molecule has 2 aromatic rings.